The molecule has 6 nitrogen and oxygen atoms in total. The molecule has 0 amide bonds. The van der Waals surface area contributed by atoms with Gasteiger partial charge in [-0.05, 0) is 37.1 Å². The van der Waals surface area contributed by atoms with Crippen molar-refractivity contribution in [2.75, 3.05) is 13.1 Å². The Morgan fingerprint density at radius 3 is 2.57 bits per heavy atom. The third kappa shape index (κ3) is 3.61. The molecule has 3 rings (SSSR count). The Hall–Kier alpha value is -2.15. The molecule has 2 aliphatic rings. The summed E-state index contributed by atoms with van der Waals surface area (Å²) in [6.07, 6.45) is 2.79. The average Bonchev–Trinajstić information content (AvgIpc) is 2.89. The summed E-state index contributed by atoms with van der Waals surface area (Å²) in [5, 5.41) is 9.00. The Labute approximate surface area is 141 Å². The van der Waals surface area contributed by atoms with E-state index in [1.165, 1.54) is 0 Å². The Kier molecular flexibility index (Phi) is 4.47. The molecule has 1 aromatic rings. The quantitative estimate of drug-likeness (QED) is 0.645. The van der Waals surface area contributed by atoms with Crippen molar-refractivity contribution in [3.63, 3.8) is 0 Å². The third-order valence-corrected chi connectivity index (χ3v) is 4.42. The smallest absolute Gasteiger partial charge is 0.365 e. The number of halogens is 1. The van der Waals surface area contributed by atoms with E-state index in [0.29, 0.717) is 25.9 Å². The van der Waals surface area contributed by atoms with Gasteiger partial charge >= 0.3 is 11.9 Å². The second kappa shape index (κ2) is 6.54. The molecule has 120 valence electrons. The molecule has 23 heavy (non-hydrogen) atoms. The van der Waals surface area contributed by atoms with Crippen molar-refractivity contribution in [2.24, 2.45) is 10.9 Å². The topological polar surface area (TPSA) is 79.2 Å². The minimum Gasteiger partial charge on any atom is -0.481 e. The lowest BCUT2D eigenvalue weighted by atomic mass is 9.97. The minimum atomic E-state index is -0.756. The van der Waals surface area contributed by atoms with Crippen molar-refractivity contribution in [1.29, 1.82) is 0 Å². The molecular weight excluding hydrogens is 364 g/mol. The van der Waals surface area contributed by atoms with Crippen LogP contribution in [-0.4, -0.2) is 40.9 Å². The van der Waals surface area contributed by atoms with Gasteiger partial charge in [0.2, 0.25) is 5.90 Å². The molecule has 1 saturated heterocycles. The highest BCUT2D eigenvalue weighted by atomic mass is 79.9. The summed E-state index contributed by atoms with van der Waals surface area (Å²) in [5.74, 6) is -1.26. The summed E-state index contributed by atoms with van der Waals surface area (Å²) in [5.41, 5.74) is 0.978. The number of carboxylic acids is 1. The summed E-state index contributed by atoms with van der Waals surface area (Å²) in [6.45, 7) is 1.19. The van der Waals surface area contributed by atoms with E-state index in [-0.39, 0.29) is 17.5 Å². The van der Waals surface area contributed by atoms with Gasteiger partial charge in [0.05, 0.1) is 5.92 Å². The van der Waals surface area contributed by atoms with E-state index in [4.69, 9.17) is 9.84 Å². The number of aliphatic carboxylic acids is 1. The van der Waals surface area contributed by atoms with Crippen LogP contribution in [0.5, 0.6) is 0 Å². The zero-order valence-corrected chi connectivity index (χ0v) is 13.8. The molecule has 7 heteroatoms. The number of likely N-dealkylation sites (tertiary alicyclic amines) is 1. The van der Waals surface area contributed by atoms with Crippen LogP contribution in [0.1, 0.15) is 18.4 Å². The van der Waals surface area contributed by atoms with Gasteiger partial charge in [0.1, 0.15) is 0 Å². The van der Waals surface area contributed by atoms with Crippen molar-refractivity contribution in [1.82, 2.24) is 4.90 Å². The molecule has 0 saturated carbocycles. The number of nitrogens with zero attached hydrogens (tertiary/aromatic N) is 2. The highest BCUT2D eigenvalue weighted by molar-refractivity contribution is 9.10. The Morgan fingerprint density at radius 1 is 1.30 bits per heavy atom. The van der Waals surface area contributed by atoms with Crippen LogP contribution in [0, 0.1) is 5.92 Å². The van der Waals surface area contributed by atoms with E-state index in [9.17, 15) is 9.59 Å². The molecule has 0 aliphatic carbocycles. The molecule has 1 fully saturated rings. The van der Waals surface area contributed by atoms with Gasteiger partial charge < -0.3 is 14.7 Å². The standard InChI is InChI=1S/C16H15BrN2O4/c17-12-3-1-10(2-4-12)14-18-13(16(22)23-14)9-19-7-5-11(6-8-19)15(20)21/h1-4,9,11H,5-8H2,(H,20,21). The Morgan fingerprint density at radius 2 is 1.96 bits per heavy atom. The van der Waals surface area contributed by atoms with Gasteiger partial charge in [-0.15, -0.1) is 0 Å². The third-order valence-electron chi connectivity index (χ3n) is 3.90. The largest absolute Gasteiger partial charge is 0.481 e. The maximum atomic E-state index is 11.9. The Balaban J connectivity index is 1.71. The van der Waals surface area contributed by atoms with Crippen LogP contribution in [0.2, 0.25) is 0 Å². The van der Waals surface area contributed by atoms with Gasteiger partial charge in [0, 0.05) is 29.3 Å². The second-order valence-corrected chi connectivity index (χ2v) is 6.39. The van der Waals surface area contributed by atoms with Gasteiger partial charge in [-0.3, -0.25) is 4.79 Å². The Bertz CT molecular complexity index is 689. The number of piperidine rings is 1. The lowest BCUT2D eigenvalue weighted by molar-refractivity contribution is -0.143. The molecule has 0 unspecified atom stereocenters. The monoisotopic (exact) mass is 378 g/mol. The van der Waals surface area contributed by atoms with Crippen LogP contribution < -0.4 is 0 Å². The van der Waals surface area contributed by atoms with Crippen molar-refractivity contribution < 1.29 is 19.4 Å². The van der Waals surface area contributed by atoms with Crippen molar-refractivity contribution in [3.05, 3.63) is 46.2 Å². The summed E-state index contributed by atoms with van der Waals surface area (Å²) >= 11 is 3.35. The molecule has 2 heterocycles. The van der Waals surface area contributed by atoms with Crippen molar-refractivity contribution in [2.45, 2.75) is 12.8 Å². The number of carbonyl (C=O) groups excluding carboxylic acids is 1. The number of rotatable bonds is 3. The molecule has 0 aromatic heterocycles. The number of benzene rings is 1. The zero-order valence-electron chi connectivity index (χ0n) is 12.2. The lowest BCUT2D eigenvalue weighted by Crippen LogP contribution is -2.33. The molecule has 0 radical (unpaired) electrons. The first kappa shape index (κ1) is 15.7. The molecule has 0 bridgehead atoms. The second-order valence-electron chi connectivity index (χ2n) is 5.48. The average molecular weight is 379 g/mol. The fourth-order valence-electron chi connectivity index (χ4n) is 2.56. The predicted octanol–water partition coefficient (Wildman–Crippen LogP) is 2.39. The van der Waals surface area contributed by atoms with Gasteiger partial charge in [0.25, 0.3) is 0 Å². The first-order valence-electron chi connectivity index (χ1n) is 7.28. The lowest BCUT2D eigenvalue weighted by Gasteiger charge is -2.28. The summed E-state index contributed by atoms with van der Waals surface area (Å²) in [7, 11) is 0. The van der Waals surface area contributed by atoms with Crippen LogP contribution in [0.15, 0.2) is 45.6 Å². The fourth-order valence-corrected chi connectivity index (χ4v) is 2.83. The molecule has 0 spiro atoms. The van der Waals surface area contributed by atoms with E-state index >= 15 is 0 Å². The number of esters is 1. The normalized spacial score (nSPS) is 20.6. The highest BCUT2D eigenvalue weighted by Gasteiger charge is 2.27. The fraction of sp³-hybridized carbons (Fsp3) is 0.312. The van der Waals surface area contributed by atoms with E-state index in [2.05, 4.69) is 20.9 Å². The first-order chi connectivity index (χ1) is 11.0. The van der Waals surface area contributed by atoms with Gasteiger partial charge in [-0.2, -0.15) is 0 Å². The summed E-state index contributed by atoms with van der Waals surface area (Å²) in [6, 6.07) is 7.34. The number of hydrogen-bond acceptors (Lipinski definition) is 5. The highest BCUT2D eigenvalue weighted by Crippen LogP contribution is 2.22. The van der Waals surface area contributed by atoms with E-state index < -0.39 is 11.9 Å². The van der Waals surface area contributed by atoms with E-state index in [1.807, 2.05) is 29.2 Å². The minimum absolute atomic E-state index is 0.247. The number of carboxylic acid groups (broad SMARTS) is 1. The van der Waals surface area contributed by atoms with Crippen LogP contribution in [0.4, 0.5) is 0 Å². The maximum Gasteiger partial charge on any atom is 0.365 e. The van der Waals surface area contributed by atoms with Crippen molar-refractivity contribution in [3.8, 4) is 0 Å². The van der Waals surface area contributed by atoms with E-state index in [0.717, 1.165) is 10.0 Å². The van der Waals surface area contributed by atoms with Gasteiger partial charge in [-0.25, -0.2) is 9.79 Å². The molecular formula is C16H15BrN2O4. The number of hydrogen-bond donors (Lipinski definition) is 1. The number of carbonyl (C=O) groups is 2. The number of aliphatic imine (C=N–C) groups is 1. The number of ether oxygens (including phenoxy) is 1. The SMILES string of the molecule is O=C1OC(c2ccc(Br)cc2)=NC1=CN1CCC(C(=O)O)CC1. The van der Waals surface area contributed by atoms with E-state index in [1.54, 1.807) is 6.20 Å². The van der Waals surface area contributed by atoms with Crippen LogP contribution in [0.3, 0.4) is 0 Å². The van der Waals surface area contributed by atoms with Crippen LogP contribution in [0.25, 0.3) is 0 Å². The summed E-state index contributed by atoms with van der Waals surface area (Å²) in [4.78, 5) is 29.1. The van der Waals surface area contributed by atoms with Crippen LogP contribution in [-0.2, 0) is 14.3 Å². The first-order valence-corrected chi connectivity index (χ1v) is 8.08. The van der Waals surface area contributed by atoms with Crippen molar-refractivity contribution >= 4 is 33.8 Å². The van der Waals surface area contributed by atoms with Gasteiger partial charge in [-0.1, -0.05) is 15.9 Å². The van der Waals surface area contributed by atoms with Gasteiger partial charge in [0.15, 0.2) is 5.70 Å². The number of cyclic esters (lactones) is 1. The molecule has 1 aromatic carbocycles. The molecule has 1 N–H and O–H groups in total. The summed E-state index contributed by atoms with van der Waals surface area (Å²) < 4.78 is 6.14. The van der Waals surface area contributed by atoms with Crippen LogP contribution >= 0.6 is 15.9 Å². The predicted molar refractivity (Wildman–Crippen MR) is 86.8 cm³/mol. The maximum absolute atomic E-state index is 11.9. The zero-order chi connectivity index (χ0) is 16.4. The molecule has 2 aliphatic heterocycles. The molecule has 0 atom stereocenters.